The highest BCUT2D eigenvalue weighted by Gasteiger charge is 2.50. The maximum absolute atomic E-state index is 13.6. The van der Waals surface area contributed by atoms with Crippen LogP contribution in [0.1, 0.15) is 12.5 Å². The fraction of sp³-hybridized carbons (Fsp3) is 0.385. The number of halogens is 2. The van der Waals surface area contributed by atoms with Crippen LogP contribution in [0.25, 0.3) is 0 Å². The number of nitrogens with two attached hydrogens (primary N) is 1. The van der Waals surface area contributed by atoms with Gasteiger partial charge < -0.3 is 10.8 Å². The van der Waals surface area contributed by atoms with Crippen LogP contribution in [0.4, 0.5) is 8.78 Å². The summed E-state index contributed by atoms with van der Waals surface area (Å²) in [6.45, 7) is 0.787. The first-order valence-electron chi connectivity index (χ1n) is 5.71. The maximum atomic E-state index is 13.6. The normalized spacial score (nSPS) is 14.7. The van der Waals surface area contributed by atoms with E-state index in [9.17, 15) is 18.4 Å². The summed E-state index contributed by atoms with van der Waals surface area (Å²) in [5.74, 6) is -9.35. The van der Waals surface area contributed by atoms with Crippen LogP contribution in [0.5, 0.6) is 0 Å². The zero-order valence-corrected chi connectivity index (χ0v) is 10.3. The molecule has 0 heterocycles. The van der Waals surface area contributed by atoms with Crippen molar-refractivity contribution in [1.82, 2.24) is 0 Å². The molecule has 4 nitrogen and oxygen atoms in total. The van der Waals surface area contributed by atoms with E-state index < -0.39 is 29.6 Å². The minimum Gasteiger partial charge on any atom is -0.481 e. The van der Waals surface area contributed by atoms with Gasteiger partial charge in [0.2, 0.25) is 5.78 Å². The van der Waals surface area contributed by atoms with Crippen LogP contribution in [0.15, 0.2) is 30.3 Å². The van der Waals surface area contributed by atoms with Crippen molar-refractivity contribution in [2.75, 3.05) is 0 Å². The number of carboxylic acids is 1. The number of ketones is 1. The standard InChI is InChI=1S/C13H15F2NO3/c1-8(12(18)19)13(14,15)11(17)10(16)7-9-5-3-2-4-6-9/h2-6,8,10H,7,16H2,1H3,(H,18,19). The molecule has 3 N–H and O–H groups in total. The van der Waals surface area contributed by atoms with Gasteiger partial charge in [-0.25, -0.2) is 0 Å². The molecule has 0 saturated carbocycles. The molecule has 0 bridgehead atoms. The number of Topliss-reactive ketones (excluding diaryl/α,β-unsaturated/α-hetero) is 1. The van der Waals surface area contributed by atoms with Gasteiger partial charge in [-0.3, -0.25) is 9.59 Å². The Morgan fingerprint density at radius 1 is 1.32 bits per heavy atom. The summed E-state index contributed by atoms with van der Waals surface area (Å²) in [5, 5.41) is 8.56. The lowest BCUT2D eigenvalue weighted by Crippen LogP contribution is -2.49. The number of benzene rings is 1. The van der Waals surface area contributed by atoms with E-state index in [1.165, 1.54) is 0 Å². The van der Waals surface area contributed by atoms with Gasteiger partial charge in [-0.2, -0.15) is 8.78 Å². The minimum absolute atomic E-state index is 0.0540. The van der Waals surface area contributed by atoms with Crippen LogP contribution in [-0.4, -0.2) is 28.8 Å². The maximum Gasteiger partial charge on any atom is 0.319 e. The van der Waals surface area contributed by atoms with E-state index in [1.807, 2.05) is 0 Å². The fourth-order valence-electron chi connectivity index (χ4n) is 1.58. The number of alkyl halides is 2. The summed E-state index contributed by atoms with van der Waals surface area (Å²) in [7, 11) is 0. The third-order valence-corrected chi connectivity index (χ3v) is 2.88. The zero-order chi connectivity index (χ0) is 14.6. The quantitative estimate of drug-likeness (QED) is 0.821. The summed E-state index contributed by atoms with van der Waals surface area (Å²) < 4.78 is 27.2. The Hall–Kier alpha value is -1.82. The van der Waals surface area contributed by atoms with Gasteiger partial charge in [-0.05, 0) is 18.9 Å². The Balaban J connectivity index is 2.79. The molecule has 6 heteroatoms. The highest BCUT2D eigenvalue weighted by molar-refractivity contribution is 5.94. The molecule has 0 amide bonds. The molecule has 2 unspecified atom stereocenters. The van der Waals surface area contributed by atoms with Crippen LogP contribution >= 0.6 is 0 Å². The number of aliphatic carboxylic acids is 1. The molecule has 0 aliphatic heterocycles. The SMILES string of the molecule is CC(C(=O)O)C(F)(F)C(=O)C(N)Cc1ccccc1. The van der Waals surface area contributed by atoms with E-state index in [2.05, 4.69) is 0 Å². The van der Waals surface area contributed by atoms with Crippen molar-refractivity contribution in [2.45, 2.75) is 25.3 Å². The Labute approximate surface area is 109 Å². The smallest absolute Gasteiger partial charge is 0.319 e. The van der Waals surface area contributed by atoms with Crippen molar-refractivity contribution in [2.24, 2.45) is 11.7 Å². The average molecular weight is 271 g/mol. The molecule has 0 aromatic heterocycles. The fourth-order valence-corrected chi connectivity index (χ4v) is 1.58. The van der Waals surface area contributed by atoms with Crippen molar-refractivity contribution in [3.05, 3.63) is 35.9 Å². The second-order valence-corrected chi connectivity index (χ2v) is 4.34. The summed E-state index contributed by atoms with van der Waals surface area (Å²) in [6, 6.07) is 7.03. The van der Waals surface area contributed by atoms with Gasteiger partial charge in [0.1, 0.15) is 5.92 Å². The van der Waals surface area contributed by atoms with E-state index >= 15 is 0 Å². The lowest BCUT2D eigenvalue weighted by atomic mass is 9.92. The van der Waals surface area contributed by atoms with Crippen LogP contribution in [0.2, 0.25) is 0 Å². The molecule has 0 fully saturated rings. The first-order chi connectivity index (χ1) is 8.76. The number of hydrogen-bond donors (Lipinski definition) is 2. The molecule has 1 aromatic rings. The van der Waals surface area contributed by atoms with Gasteiger partial charge in [-0.1, -0.05) is 30.3 Å². The zero-order valence-electron chi connectivity index (χ0n) is 10.3. The predicted octanol–water partition coefficient (Wildman–Crippen LogP) is 1.48. The van der Waals surface area contributed by atoms with E-state index in [0.29, 0.717) is 5.56 Å². The van der Waals surface area contributed by atoms with Gasteiger partial charge >= 0.3 is 11.9 Å². The first kappa shape index (κ1) is 15.2. The van der Waals surface area contributed by atoms with Gasteiger partial charge in [0, 0.05) is 0 Å². The highest BCUT2D eigenvalue weighted by Crippen LogP contribution is 2.27. The molecule has 0 aliphatic rings. The molecule has 104 valence electrons. The van der Waals surface area contributed by atoms with Crippen LogP contribution < -0.4 is 5.73 Å². The van der Waals surface area contributed by atoms with Gasteiger partial charge in [-0.15, -0.1) is 0 Å². The molecular formula is C13H15F2NO3. The molecule has 19 heavy (non-hydrogen) atoms. The van der Waals surface area contributed by atoms with Gasteiger partial charge in [0.05, 0.1) is 6.04 Å². The lowest BCUT2D eigenvalue weighted by molar-refractivity contribution is -0.166. The van der Waals surface area contributed by atoms with Crippen molar-refractivity contribution in [3.63, 3.8) is 0 Å². The minimum atomic E-state index is -3.97. The lowest BCUT2D eigenvalue weighted by Gasteiger charge is -2.22. The molecular weight excluding hydrogens is 256 g/mol. The highest BCUT2D eigenvalue weighted by atomic mass is 19.3. The van der Waals surface area contributed by atoms with E-state index in [0.717, 1.165) is 6.92 Å². The topological polar surface area (TPSA) is 80.4 Å². The Morgan fingerprint density at radius 2 is 1.84 bits per heavy atom. The van der Waals surface area contributed by atoms with Crippen LogP contribution in [0.3, 0.4) is 0 Å². The predicted molar refractivity (Wildman–Crippen MR) is 64.9 cm³/mol. The third kappa shape index (κ3) is 3.57. The summed E-state index contributed by atoms with van der Waals surface area (Å²) in [5.41, 5.74) is 6.09. The molecule has 0 aliphatic carbocycles. The molecule has 1 rings (SSSR count). The number of carboxylic acid groups (broad SMARTS) is 1. The third-order valence-electron chi connectivity index (χ3n) is 2.88. The Kier molecular flexibility index (Phi) is 4.72. The largest absolute Gasteiger partial charge is 0.481 e. The number of hydrogen-bond acceptors (Lipinski definition) is 3. The number of carbonyl (C=O) groups is 2. The van der Waals surface area contributed by atoms with Crippen molar-refractivity contribution in [1.29, 1.82) is 0 Å². The van der Waals surface area contributed by atoms with Crippen LogP contribution in [-0.2, 0) is 16.0 Å². The average Bonchev–Trinajstić information content (AvgIpc) is 2.37. The van der Waals surface area contributed by atoms with Gasteiger partial charge in [0.25, 0.3) is 0 Å². The molecule has 0 saturated heterocycles. The van der Waals surface area contributed by atoms with Crippen LogP contribution in [0, 0.1) is 5.92 Å². The van der Waals surface area contributed by atoms with Crippen molar-refractivity contribution < 1.29 is 23.5 Å². The molecule has 2 atom stereocenters. The summed E-state index contributed by atoms with van der Waals surface area (Å²) >= 11 is 0. The van der Waals surface area contributed by atoms with Crippen molar-refractivity contribution >= 4 is 11.8 Å². The summed E-state index contributed by atoms with van der Waals surface area (Å²) in [4.78, 5) is 22.1. The van der Waals surface area contributed by atoms with E-state index in [1.54, 1.807) is 30.3 Å². The monoisotopic (exact) mass is 271 g/mol. The second-order valence-electron chi connectivity index (χ2n) is 4.34. The first-order valence-corrected chi connectivity index (χ1v) is 5.71. The Bertz CT molecular complexity index is 462. The molecule has 1 aromatic carbocycles. The summed E-state index contributed by atoms with van der Waals surface area (Å²) in [6.07, 6.45) is -0.0540. The van der Waals surface area contributed by atoms with Crippen molar-refractivity contribution in [3.8, 4) is 0 Å². The second kappa shape index (κ2) is 5.88. The Morgan fingerprint density at radius 3 is 2.32 bits per heavy atom. The molecule has 0 radical (unpaired) electrons. The molecule has 0 spiro atoms. The van der Waals surface area contributed by atoms with Gasteiger partial charge in [0.15, 0.2) is 0 Å². The number of carbonyl (C=O) groups excluding carboxylic acids is 1. The van der Waals surface area contributed by atoms with E-state index in [-0.39, 0.29) is 6.42 Å². The number of rotatable bonds is 6. The van der Waals surface area contributed by atoms with E-state index in [4.69, 9.17) is 10.8 Å².